The second kappa shape index (κ2) is 8.89. The van der Waals surface area contributed by atoms with Crippen molar-refractivity contribution in [2.45, 2.75) is 39.7 Å². The molecule has 5 rings (SSSR count). The van der Waals surface area contributed by atoms with E-state index in [0.29, 0.717) is 11.7 Å². The van der Waals surface area contributed by atoms with Crippen molar-refractivity contribution < 1.29 is 9.18 Å². The molecule has 0 aliphatic carbocycles. The Morgan fingerprint density at radius 2 is 1.94 bits per heavy atom. The molecule has 0 spiro atoms. The molecule has 6 nitrogen and oxygen atoms in total. The monoisotopic (exact) mass is 457 g/mol. The maximum absolute atomic E-state index is 13.6. The Bertz CT molecular complexity index is 1290. The zero-order valence-corrected chi connectivity index (χ0v) is 19.7. The van der Waals surface area contributed by atoms with E-state index in [4.69, 9.17) is 4.99 Å². The maximum Gasteiger partial charge on any atom is 0.279 e. The Kier molecular flexibility index (Phi) is 5.77. The topological polar surface area (TPSA) is 53.7 Å². The Morgan fingerprint density at radius 1 is 1.15 bits per heavy atom. The van der Waals surface area contributed by atoms with E-state index in [0.717, 1.165) is 54.0 Å². The van der Waals surface area contributed by atoms with Crippen molar-refractivity contribution in [3.63, 3.8) is 0 Å². The molecule has 2 aliphatic heterocycles. The third-order valence-electron chi connectivity index (χ3n) is 6.40. The zero-order chi connectivity index (χ0) is 23.8. The lowest BCUT2D eigenvalue weighted by atomic mass is 9.99. The Balaban J connectivity index is 1.48. The van der Waals surface area contributed by atoms with E-state index in [-0.39, 0.29) is 17.8 Å². The fourth-order valence-corrected chi connectivity index (χ4v) is 4.78. The quantitative estimate of drug-likeness (QED) is 0.506. The first-order chi connectivity index (χ1) is 16.4. The van der Waals surface area contributed by atoms with E-state index >= 15 is 0 Å². The van der Waals surface area contributed by atoms with Gasteiger partial charge < -0.3 is 9.47 Å². The number of imidazole rings is 1. The second-order valence-corrected chi connectivity index (χ2v) is 8.93. The SMILES string of the molecule is CCCN1CC[C@H](c2ccc(F)cc2)N2C(=O)/C(=C/c3ccc(-n4cnc(C)c4)c(C)c3)N=C12. The second-order valence-electron chi connectivity index (χ2n) is 8.93. The highest BCUT2D eigenvalue weighted by atomic mass is 19.1. The van der Waals surface area contributed by atoms with Crippen molar-refractivity contribution in [2.24, 2.45) is 4.99 Å². The number of amides is 1. The third kappa shape index (κ3) is 4.02. The predicted octanol–water partition coefficient (Wildman–Crippen LogP) is 5.02. The third-order valence-corrected chi connectivity index (χ3v) is 6.40. The minimum absolute atomic E-state index is 0.114. The van der Waals surface area contributed by atoms with Gasteiger partial charge in [-0.25, -0.2) is 14.4 Å². The van der Waals surface area contributed by atoms with Crippen molar-refractivity contribution in [2.75, 3.05) is 13.1 Å². The van der Waals surface area contributed by atoms with Crippen LogP contribution in [0.15, 0.2) is 65.7 Å². The van der Waals surface area contributed by atoms with Gasteiger partial charge in [-0.15, -0.1) is 0 Å². The number of fused-ring (bicyclic) bond motifs is 1. The molecule has 7 heteroatoms. The number of nitrogens with zero attached hydrogens (tertiary/aromatic N) is 5. The lowest BCUT2D eigenvalue weighted by Crippen LogP contribution is -2.51. The summed E-state index contributed by atoms with van der Waals surface area (Å²) < 4.78 is 15.5. The Morgan fingerprint density at radius 3 is 2.62 bits per heavy atom. The first-order valence-electron chi connectivity index (χ1n) is 11.7. The lowest BCUT2D eigenvalue weighted by Gasteiger charge is -2.40. The zero-order valence-electron chi connectivity index (χ0n) is 19.7. The number of aromatic nitrogens is 2. The number of halogens is 1. The number of hydrogen-bond donors (Lipinski definition) is 0. The Hall–Kier alpha value is -3.74. The van der Waals surface area contributed by atoms with Gasteiger partial charge in [0.05, 0.1) is 18.1 Å². The van der Waals surface area contributed by atoms with Gasteiger partial charge in [0.15, 0.2) is 0 Å². The first-order valence-corrected chi connectivity index (χ1v) is 11.7. The molecule has 0 N–H and O–H groups in total. The van der Waals surface area contributed by atoms with Crippen LogP contribution in [-0.4, -0.2) is 44.3 Å². The van der Waals surface area contributed by atoms with E-state index in [1.54, 1.807) is 23.4 Å². The Labute approximate surface area is 199 Å². The number of guanidine groups is 1. The summed E-state index contributed by atoms with van der Waals surface area (Å²) in [5.41, 5.74) is 5.37. The number of aliphatic imine (C=N–C) groups is 1. The number of rotatable bonds is 5. The molecule has 1 fully saturated rings. The van der Waals surface area contributed by atoms with Gasteiger partial charge in [0.1, 0.15) is 11.5 Å². The fraction of sp³-hybridized carbons (Fsp3) is 0.296. The molecule has 1 atom stereocenters. The van der Waals surface area contributed by atoms with Crippen LogP contribution < -0.4 is 0 Å². The molecule has 0 radical (unpaired) electrons. The van der Waals surface area contributed by atoms with Crippen LogP contribution in [0.3, 0.4) is 0 Å². The molecular weight excluding hydrogens is 429 g/mol. The highest BCUT2D eigenvalue weighted by Crippen LogP contribution is 2.36. The van der Waals surface area contributed by atoms with Crippen molar-refractivity contribution >= 4 is 17.9 Å². The number of carbonyl (C=O) groups excluding carboxylic acids is 1. The number of carbonyl (C=O) groups is 1. The van der Waals surface area contributed by atoms with Crippen molar-refractivity contribution in [3.05, 3.63) is 88.9 Å². The summed E-state index contributed by atoms with van der Waals surface area (Å²) in [5.74, 6) is 0.303. The number of hydrogen-bond acceptors (Lipinski definition) is 4. The van der Waals surface area contributed by atoms with Crippen LogP contribution in [0, 0.1) is 19.7 Å². The van der Waals surface area contributed by atoms with Gasteiger partial charge >= 0.3 is 0 Å². The van der Waals surface area contributed by atoms with Gasteiger partial charge in [0, 0.05) is 25.0 Å². The van der Waals surface area contributed by atoms with Crippen LogP contribution in [0.5, 0.6) is 0 Å². The van der Waals surface area contributed by atoms with E-state index in [1.165, 1.54) is 12.1 Å². The van der Waals surface area contributed by atoms with Gasteiger partial charge in [-0.3, -0.25) is 9.69 Å². The molecule has 1 saturated heterocycles. The normalized spacial score (nSPS) is 19.1. The van der Waals surface area contributed by atoms with Crippen LogP contribution >= 0.6 is 0 Å². The first kappa shape index (κ1) is 22.1. The molecule has 0 saturated carbocycles. The molecule has 3 aromatic rings. The largest absolute Gasteiger partial charge is 0.342 e. The van der Waals surface area contributed by atoms with Gasteiger partial charge in [-0.1, -0.05) is 25.1 Å². The maximum atomic E-state index is 13.6. The standard InChI is InChI=1S/C27H28FN5O/c1-4-12-31-13-11-25(21-6-8-22(28)9-7-21)33-26(34)23(30-27(31)33)15-20-5-10-24(18(2)14-20)32-16-19(3)29-17-32/h5-10,14-17,25H,4,11-13H2,1-3H3/b23-15-/t25-/m1/s1. The van der Waals surface area contributed by atoms with Crippen LogP contribution in [0.4, 0.5) is 4.39 Å². The molecule has 174 valence electrons. The molecule has 0 bridgehead atoms. The van der Waals surface area contributed by atoms with Crippen molar-refractivity contribution in [1.29, 1.82) is 0 Å². The van der Waals surface area contributed by atoms with Gasteiger partial charge in [0.25, 0.3) is 5.91 Å². The predicted molar refractivity (Wildman–Crippen MR) is 131 cm³/mol. The minimum Gasteiger partial charge on any atom is -0.342 e. The average Bonchev–Trinajstić information content (AvgIpc) is 3.39. The van der Waals surface area contributed by atoms with E-state index in [9.17, 15) is 9.18 Å². The summed E-state index contributed by atoms with van der Waals surface area (Å²) >= 11 is 0. The van der Waals surface area contributed by atoms with Crippen LogP contribution in [0.2, 0.25) is 0 Å². The highest BCUT2D eigenvalue weighted by Gasteiger charge is 2.42. The number of benzene rings is 2. The molecular formula is C27H28FN5O. The number of aryl methyl sites for hydroxylation is 2. The van der Waals surface area contributed by atoms with Gasteiger partial charge in [-0.05, 0) is 73.7 Å². The fourth-order valence-electron chi connectivity index (χ4n) is 4.78. The lowest BCUT2D eigenvalue weighted by molar-refractivity contribution is -0.125. The van der Waals surface area contributed by atoms with Gasteiger partial charge in [0.2, 0.25) is 5.96 Å². The summed E-state index contributed by atoms with van der Waals surface area (Å²) in [5, 5.41) is 0. The molecule has 34 heavy (non-hydrogen) atoms. The summed E-state index contributed by atoms with van der Waals surface area (Å²) in [7, 11) is 0. The van der Waals surface area contributed by atoms with E-state index in [2.05, 4.69) is 22.9 Å². The van der Waals surface area contributed by atoms with Crippen LogP contribution in [0.25, 0.3) is 11.8 Å². The molecule has 1 amide bonds. The molecule has 0 unspecified atom stereocenters. The average molecular weight is 458 g/mol. The highest BCUT2D eigenvalue weighted by molar-refractivity contribution is 6.14. The van der Waals surface area contributed by atoms with E-state index < -0.39 is 0 Å². The van der Waals surface area contributed by atoms with Crippen LogP contribution in [0.1, 0.15) is 48.2 Å². The molecule has 2 aromatic carbocycles. The van der Waals surface area contributed by atoms with Crippen molar-refractivity contribution in [3.8, 4) is 5.69 Å². The molecule has 3 heterocycles. The summed E-state index contributed by atoms with van der Waals surface area (Å²) in [6, 6.07) is 12.4. The van der Waals surface area contributed by atoms with Crippen molar-refractivity contribution in [1.82, 2.24) is 19.4 Å². The summed E-state index contributed by atoms with van der Waals surface area (Å²) in [6.45, 7) is 7.78. The summed E-state index contributed by atoms with van der Waals surface area (Å²) in [6.07, 6.45) is 7.40. The van der Waals surface area contributed by atoms with Gasteiger partial charge in [-0.2, -0.15) is 0 Å². The molecule has 2 aliphatic rings. The van der Waals surface area contributed by atoms with Crippen LogP contribution in [-0.2, 0) is 4.79 Å². The summed E-state index contributed by atoms with van der Waals surface area (Å²) in [4.78, 5) is 26.6. The molecule has 1 aromatic heterocycles. The van der Waals surface area contributed by atoms with E-state index in [1.807, 2.05) is 42.8 Å². The minimum atomic E-state index is -0.279. The smallest absolute Gasteiger partial charge is 0.279 e.